The van der Waals surface area contributed by atoms with Crippen LogP contribution in [0, 0.1) is 3.70 Å². The van der Waals surface area contributed by atoms with Gasteiger partial charge in [-0.2, -0.15) is 14.9 Å². The number of hydrogen-bond donors (Lipinski definition) is 0. The van der Waals surface area contributed by atoms with Crippen LogP contribution in [0.15, 0.2) is 18.3 Å². The second-order valence-corrected chi connectivity index (χ2v) is 11.3. The molecule has 12 heteroatoms. The highest BCUT2D eigenvalue weighted by molar-refractivity contribution is 14.1. The Balaban J connectivity index is 1.37. The first-order valence-corrected chi connectivity index (χ1v) is 14.3. The van der Waals surface area contributed by atoms with Gasteiger partial charge in [0.25, 0.3) is 0 Å². The summed E-state index contributed by atoms with van der Waals surface area (Å²) in [5.74, 6) is 1.60. The number of aromatic nitrogens is 5. The molecule has 0 aromatic carbocycles. The summed E-state index contributed by atoms with van der Waals surface area (Å²) in [7, 11) is 0. The van der Waals surface area contributed by atoms with Crippen LogP contribution < -0.4 is 9.80 Å². The molecule has 0 spiro atoms. The molecular formula is C25H31FIN7O3. The minimum absolute atomic E-state index is 0.0508. The van der Waals surface area contributed by atoms with Crippen LogP contribution in [0.25, 0.3) is 16.9 Å². The number of pyridine rings is 1. The summed E-state index contributed by atoms with van der Waals surface area (Å²) >= 11 is 2.27. The van der Waals surface area contributed by atoms with Crippen LogP contribution in [0.5, 0.6) is 0 Å². The van der Waals surface area contributed by atoms with Gasteiger partial charge in [0.1, 0.15) is 22.4 Å². The Morgan fingerprint density at radius 2 is 1.86 bits per heavy atom. The fourth-order valence-corrected chi connectivity index (χ4v) is 6.93. The van der Waals surface area contributed by atoms with Crippen molar-refractivity contribution in [1.82, 2.24) is 24.5 Å². The molecule has 3 aromatic rings. The Bertz CT molecular complexity index is 1260. The summed E-state index contributed by atoms with van der Waals surface area (Å²) in [6.45, 7) is 3.26. The molecule has 4 aliphatic rings. The quantitative estimate of drug-likeness (QED) is 0.400. The van der Waals surface area contributed by atoms with E-state index in [-0.39, 0.29) is 12.3 Å². The summed E-state index contributed by atoms with van der Waals surface area (Å²) in [4.78, 5) is 9.75. The van der Waals surface area contributed by atoms with Gasteiger partial charge in [0, 0.05) is 31.5 Å². The second kappa shape index (κ2) is 9.93. The third kappa shape index (κ3) is 4.20. The summed E-state index contributed by atoms with van der Waals surface area (Å²) in [6, 6.07) is 4.37. The monoisotopic (exact) mass is 623 g/mol. The van der Waals surface area contributed by atoms with Gasteiger partial charge in [0.05, 0.1) is 55.6 Å². The van der Waals surface area contributed by atoms with Crippen molar-refractivity contribution in [2.75, 3.05) is 56.1 Å². The Kier molecular flexibility index (Phi) is 6.45. The van der Waals surface area contributed by atoms with E-state index < -0.39 is 6.67 Å². The molecule has 4 aliphatic heterocycles. The molecule has 7 rings (SSSR count). The average Bonchev–Trinajstić information content (AvgIpc) is 3.63. The molecule has 4 fully saturated rings. The lowest BCUT2D eigenvalue weighted by atomic mass is 10.1. The maximum atomic E-state index is 14.1. The molecule has 4 saturated heterocycles. The van der Waals surface area contributed by atoms with Crippen LogP contribution in [0.4, 0.5) is 15.9 Å². The molecule has 10 nitrogen and oxygen atoms in total. The van der Waals surface area contributed by atoms with E-state index in [1.54, 1.807) is 0 Å². The summed E-state index contributed by atoms with van der Waals surface area (Å²) < 4.78 is 36.1. The Morgan fingerprint density at radius 3 is 2.65 bits per heavy atom. The number of ether oxygens (including phenoxy) is 3. The number of fused-ring (bicyclic) bond motifs is 3. The van der Waals surface area contributed by atoms with Crippen LogP contribution in [-0.4, -0.2) is 88.9 Å². The van der Waals surface area contributed by atoms with E-state index in [9.17, 15) is 4.39 Å². The summed E-state index contributed by atoms with van der Waals surface area (Å²) in [5.41, 5.74) is 1.70. The smallest absolute Gasteiger partial charge is 0.177 e. The molecule has 4 atom stereocenters. The van der Waals surface area contributed by atoms with Gasteiger partial charge in [0.15, 0.2) is 11.5 Å². The SMILES string of the molecule is FC[C@@H]1COCCN1c1cc(N2C3CCC2COC3)nc2c1c(I)nn2-c1ccn(C2CCCCO2)n1. The summed E-state index contributed by atoms with van der Waals surface area (Å²) in [6.07, 6.45) is 7.26. The highest BCUT2D eigenvalue weighted by atomic mass is 127. The molecule has 7 heterocycles. The number of hydrogen-bond acceptors (Lipinski definition) is 8. The molecule has 198 valence electrons. The minimum atomic E-state index is -0.474. The molecule has 37 heavy (non-hydrogen) atoms. The second-order valence-electron chi connectivity index (χ2n) is 10.3. The van der Waals surface area contributed by atoms with E-state index in [4.69, 9.17) is 29.4 Å². The van der Waals surface area contributed by atoms with Crippen LogP contribution >= 0.6 is 22.6 Å². The van der Waals surface area contributed by atoms with Crippen LogP contribution in [0.1, 0.15) is 38.3 Å². The lowest BCUT2D eigenvalue weighted by Gasteiger charge is -2.38. The molecule has 0 radical (unpaired) electrons. The number of nitrogens with zero attached hydrogens (tertiary/aromatic N) is 7. The normalized spacial score (nSPS) is 28.4. The Labute approximate surface area is 228 Å². The highest BCUT2D eigenvalue weighted by Gasteiger charge is 2.39. The van der Waals surface area contributed by atoms with Crippen LogP contribution in [-0.2, 0) is 14.2 Å². The van der Waals surface area contributed by atoms with Crippen LogP contribution in [0.2, 0.25) is 0 Å². The van der Waals surface area contributed by atoms with Gasteiger partial charge in [-0.1, -0.05) is 0 Å². The van der Waals surface area contributed by atoms with E-state index in [0.717, 1.165) is 65.0 Å². The van der Waals surface area contributed by atoms with Crippen molar-refractivity contribution in [3.8, 4) is 5.82 Å². The molecule has 3 aromatic heterocycles. The van der Waals surface area contributed by atoms with Gasteiger partial charge < -0.3 is 24.0 Å². The predicted octanol–water partition coefficient (Wildman–Crippen LogP) is 3.46. The number of anilines is 2. The zero-order valence-corrected chi connectivity index (χ0v) is 22.8. The van der Waals surface area contributed by atoms with Gasteiger partial charge in [0.2, 0.25) is 0 Å². The molecule has 0 N–H and O–H groups in total. The summed E-state index contributed by atoms with van der Waals surface area (Å²) in [5, 5.41) is 10.7. The van der Waals surface area contributed by atoms with Crippen molar-refractivity contribution in [2.45, 2.75) is 56.5 Å². The largest absolute Gasteiger partial charge is 0.377 e. The van der Waals surface area contributed by atoms with Crippen molar-refractivity contribution in [2.24, 2.45) is 0 Å². The van der Waals surface area contributed by atoms with Crippen molar-refractivity contribution in [3.63, 3.8) is 0 Å². The topological polar surface area (TPSA) is 82.7 Å². The van der Waals surface area contributed by atoms with Gasteiger partial charge in [-0.25, -0.2) is 14.1 Å². The van der Waals surface area contributed by atoms with Crippen molar-refractivity contribution in [1.29, 1.82) is 0 Å². The molecule has 0 saturated carbocycles. The first-order valence-electron chi connectivity index (χ1n) is 13.2. The van der Waals surface area contributed by atoms with Crippen molar-refractivity contribution in [3.05, 3.63) is 22.0 Å². The molecule has 0 amide bonds. The molecule has 2 bridgehead atoms. The molecule has 3 unspecified atom stereocenters. The maximum absolute atomic E-state index is 14.1. The Morgan fingerprint density at radius 1 is 1.00 bits per heavy atom. The number of morpholine rings is 2. The first kappa shape index (κ1) is 24.0. The first-order chi connectivity index (χ1) is 18.2. The van der Waals surface area contributed by atoms with Crippen LogP contribution in [0.3, 0.4) is 0 Å². The van der Waals surface area contributed by atoms with E-state index in [0.29, 0.717) is 50.9 Å². The van der Waals surface area contributed by atoms with Gasteiger partial charge in [-0.3, -0.25) is 0 Å². The molecule has 0 aliphatic carbocycles. The van der Waals surface area contributed by atoms with Crippen molar-refractivity contribution >= 4 is 45.1 Å². The number of rotatable bonds is 5. The van der Waals surface area contributed by atoms with Gasteiger partial charge in [-0.15, -0.1) is 0 Å². The van der Waals surface area contributed by atoms with Gasteiger partial charge >= 0.3 is 0 Å². The average molecular weight is 623 g/mol. The number of alkyl halides is 1. The maximum Gasteiger partial charge on any atom is 0.177 e. The number of halogens is 2. The third-order valence-corrected chi connectivity index (χ3v) is 8.80. The van der Waals surface area contributed by atoms with Crippen molar-refractivity contribution < 1.29 is 18.6 Å². The zero-order chi connectivity index (χ0) is 24.9. The lowest BCUT2D eigenvalue weighted by Crippen LogP contribution is -2.48. The lowest BCUT2D eigenvalue weighted by molar-refractivity contribution is -0.0395. The third-order valence-electron chi connectivity index (χ3n) is 8.04. The van der Waals surface area contributed by atoms with E-state index in [1.807, 2.05) is 21.6 Å². The fraction of sp³-hybridized carbons (Fsp3) is 0.640. The molecular weight excluding hydrogens is 592 g/mol. The standard InChI is InChI=1S/C25H31FIN7O3/c26-12-18-15-35-10-8-31(18)19-11-21(33-16-4-5-17(33)14-36-13-16)28-25-23(19)24(27)30-34(25)20-6-7-32(29-20)22-3-1-2-9-37-22/h6-7,11,16-18,22H,1-5,8-10,12-15H2/t16?,17?,18-,22?/m1/s1. The Hall–Kier alpha value is -2.03. The zero-order valence-electron chi connectivity index (χ0n) is 20.6. The van der Waals surface area contributed by atoms with E-state index in [1.165, 1.54) is 0 Å². The fourth-order valence-electron chi connectivity index (χ4n) is 6.20. The van der Waals surface area contributed by atoms with E-state index in [2.05, 4.69) is 38.5 Å². The minimum Gasteiger partial charge on any atom is -0.377 e. The highest BCUT2D eigenvalue weighted by Crippen LogP contribution is 2.40. The van der Waals surface area contributed by atoms with E-state index >= 15 is 0 Å². The van der Waals surface area contributed by atoms with Gasteiger partial charge in [-0.05, 0) is 54.7 Å². The predicted molar refractivity (Wildman–Crippen MR) is 144 cm³/mol.